The molecule has 1 heterocycles. The second kappa shape index (κ2) is 3.97. The summed E-state index contributed by atoms with van der Waals surface area (Å²) in [7, 11) is 0. The molecule has 2 nitrogen and oxygen atoms in total. The molecular weight excluding hydrogens is 236 g/mol. The third-order valence-corrected chi connectivity index (χ3v) is 3.27. The van der Waals surface area contributed by atoms with Crippen LogP contribution in [0.15, 0.2) is 36.4 Å². The molecule has 0 radical (unpaired) electrons. The maximum atomic E-state index is 9.39. The van der Waals surface area contributed by atoms with E-state index in [4.69, 9.17) is 16.3 Å². The molecule has 2 aromatic rings. The Labute approximate surface area is 104 Å². The molecule has 17 heavy (non-hydrogen) atoms. The van der Waals surface area contributed by atoms with Crippen LogP contribution in [-0.4, -0.2) is 11.7 Å². The molecule has 0 saturated carbocycles. The molecule has 3 heteroatoms. The van der Waals surface area contributed by atoms with Crippen molar-refractivity contribution in [3.63, 3.8) is 0 Å². The number of benzene rings is 2. The zero-order valence-corrected chi connectivity index (χ0v) is 9.87. The summed E-state index contributed by atoms with van der Waals surface area (Å²) in [5.74, 6) is 1.08. The largest absolute Gasteiger partial charge is 0.506 e. The van der Waals surface area contributed by atoms with Crippen LogP contribution in [0.1, 0.15) is 5.56 Å². The van der Waals surface area contributed by atoms with Crippen molar-refractivity contribution in [1.29, 1.82) is 0 Å². The predicted octanol–water partition coefficient (Wildman–Crippen LogP) is 3.65. The normalized spacial score (nSPS) is 13.2. The van der Waals surface area contributed by atoms with E-state index in [1.54, 1.807) is 12.1 Å². The quantitative estimate of drug-likeness (QED) is 0.832. The van der Waals surface area contributed by atoms with Crippen LogP contribution in [0.5, 0.6) is 11.5 Å². The van der Waals surface area contributed by atoms with E-state index in [0.717, 1.165) is 29.9 Å². The number of ether oxygens (including phenoxy) is 1. The average Bonchev–Trinajstić information content (AvgIpc) is 2.79. The molecule has 0 spiro atoms. The van der Waals surface area contributed by atoms with Gasteiger partial charge in [0.15, 0.2) is 0 Å². The van der Waals surface area contributed by atoms with Crippen molar-refractivity contribution in [2.24, 2.45) is 0 Å². The molecule has 0 saturated heterocycles. The molecule has 0 bridgehead atoms. The highest BCUT2D eigenvalue weighted by atomic mass is 35.5. The zero-order valence-electron chi connectivity index (χ0n) is 9.11. The molecule has 1 aliphatic rings. The van der Waals surface area contributed by atoms with E-state index >= 15 is 0 Å². The summed E-state index contributed by atoms with van der Waals surface area (Å²) in [5, 5.41) is 9.77. The van der Waals surface area contributed by atoms with Gasteiger partial charge in [0.2, 0.25) is 0 Å². The van der Waals surface area contributed by atoms with Crippen molar-refractivity contribution in [2.45, 2.75) is 6.42 Å². The Balaban J connectivity index is 2.06. The van der Waals surface area contributed by atoms with E-state index in [2.05, 4.69) is 6.07 Å². The van der Waals surface area contributed by atoms with E-state index < -0.39 is 0 Å². The first-order valence-electron chi connectivity index (χ1n) is 5.49. The zero-order chi connectivity index (χ0) is 11.8. The van der Waals surface area contributed by atoms with Crippen molar-refractivity contribution < 1.29 is 9.84 Å². The number of aromatic hydroxyl groups is 1. The van der Waals surface area contributed by atoms with Crippen LogP contribution in [0.4, 0.5) is 0 Å². The molecule has 2 aromatic carbocycles. The molecule has 1 aliphatic heterocycles. The van der Waals surface area contributed by atoms with Crippen LogP contribution in [-0.2, 0) is 6.42 Å². The molecule has 0 unspecified atom stereocenters. The smallest absolute Gasteiger partial charge is 0.134 e. The van der Waals surface area contributed by atoms with Gasteiger partial charge in [0, 0.05) is 6.42 Å². The summed E-state index contributed by atoms with van der Waals surface area (Å²) in [6.07, 6.45) is 0.953. The minimum Gasteiger partial charge on any atom is -0.506 e. The molecule has 0 aromatic heterocycles. The number of phenolic OH excluding ortho intramolecular Hbond substituents is 1. The highest BCUT2D eigenvalue weighted by Crippen LogP contribution is 2.33. The number of fused-ring (bicyclic) bond motifs is 1. The van der Waals surface area contributed by atoms with E-state index in [9.17, 15) is 5.11 Å². The molecule has 3 rings (SSSR count). The Hall–Kier alpha value is -1.67. The molecule has 0 amide bonds. The highest BCUT2D eigenvalue weighted by Gasteiger charge is 2.12. The van der Waals surface area contributed by atoms with Gasteiger partial charge in [-0.1, -0.05) is 23.7 Å². The van der Waals surface area contributed by atoms with Gasteiger partial charge < -0.3 is 9.84 Å². The van der Waals surface area contributed by atoms with Crippen LogP contribution >= 0.6 is 11.6 Å². The van der Waals surface area contributed by atoms with Gasteiger partial charge >= 0.3 is 0 Å². The summed E-state index contributed by atoms with van der Waals surface area (Å²) in [6, 6.07) is 11.4. The summed E-state index contributed by atoms with van der Waals surface area (Å²) in [5.41, 5.74) is 3.32. The Kier molecular flexibility index (Phi) is 2.45. The molecule has 0 atom stereocenters. The highest BCUT2D eigenvalue weighted by molar-refractivity contribution is 6.32. The van der Waals surface area contributed by atoms with Crippen LogP contribution in [0.3, 0.4) is 0 Å². The van der Waals surface area contributed by atoms with Crippen molar-refractivity contribution in [1.82, 2.24) is 0 Å². The standard InChI is InChI=1S/C14H11ClO2/c15-12-8-10(1-3-13(12)16)9-2-4-14-11(7-9)5-6-17-14/h1-4,7-8,16H,5-6H2. The van der Waals surface area contributed by atoms with Crippen LogP contribution in [0, 0.1) is 0 Å². The molecular formula is C14H11ClO2. The molecule has 0 fully saturated rings. The maximum absolute atomic E-state index is 9.39. The lowest BCUT2D eigenvalue weighted by Crippen LogP contribution is -1.85. The Morgan fingerprint density at radius 3 is 2.65 bits per heavy atom. The Morgan fingerprint density at radius 2 is 1.82 bits per heavy atom. The third kappa shape index (κ3) is 1.85. The molecule has 1 N–H and O–H groups in total. The van der Waals surface area contributed by atoms with E-state index in [1.807, 2.05) is 18.2 Å². The van der Waals surface area contributed by atoms with Gasteiger partial charge in [-0.2, -0.15) is 0 Å². The third-order valence-electron chi connectivity index (χ3n) is 2.97. The number of phenols is 1. The topological polar surface area (TPSA) is 29.5 Å². The van der Waals surface area contributed by atoms with E-state index in [-0.39, 0.29) is 5.75 Å². The summed E-state index contributed by atoms with van der Waals surface area (Å²) in [6.45, 7) is 0.759. The number of hydrogen-bond donors (Lipinski definition) is 1. The van der Waals surface area contributed by atoms with Gasteiger partial charge in [-0.3, -0.25) is 0 Å². The summed E-state index contributed by atoms with van der Waals surface area (Å²) in [4.78, 5) is 0. The lowest BCUT2D eigenvalue weighted by atomic mass is 10.0. The average molecular weight is 247 g/mol. The van der Waals surface area contributed by atoms with Gasteiger partial charge in [0.25, 0.3) is 0 Å². The lowest BCUT2D eigenvalue weighted by Gasteiger charge is -2.05. The van der Waals surface area contributed by atoms with E-state index in [0.29, 0.717) is 5.02 Å². The Bertz CT molecular complexity index is 578. The number of rotatable bonds is 1. The van der Waals surface area contributed by atoms with Crippen LogP contribution in [0.2, 0.25) is 5.02 Å². The van der Waals surface area contributed by atoms with Crippen molar-refractivity contribution >= 4 is 11.6 Å². The second-order valence-corrected chi connectivity index (χ2v) is 4.49. The van der Waals surface area contributed by atoms with Crippen molar-refractivity contribution in [2.75, 3.05) is 6.61 Å². The summed E-state index contributed by atoms with van der Waals surface area (Å²) >= 11 is 5.91. The molecule has 86 valence electrons. The van der Waals surface area contributed by atoms with Gasteiger partial charge in [0.05, 0.1) is 11.6 Å². The maximum Gasteiger partial charge on any atom is 0.134 e. The molecule has 0 aliphatic carbocycles. The first kappa shape index (κ1) is 10.5. The predicted molar refractivity (Wildman–Crippen MR) is 67.8 cm³/mol. The van der Waals surface area contributed by atoms with Gasteiger partial charge in [-0.25, -0.2) is 0 Å². The van der Waals surface area contributed by atoms with Gasteiger partial charge in [-0.05, 0) is 41.0 Å². The number of halogens is 1. The monoisotopic (exact) mass is 246 g/mol. The van der Waals surface area contributed by atoms with Gasteiger partial charge in [-0.15, -0.1) is 0 Å². The SMILES string of the molecule is Oc1ccc(-c2ccc3c(c2)CCO3)cc1Cl. The first-order chi connectivity index (χ1) is 8.24. The minimum absolute atomic E-state index is 0.111. The first-order valence-corrected chi connectivity index (χ1v) is 5.86. The Morgan fingerprint density at radius 1 is 1.06 bits per heavy atom. The fourth-order valence-electron chi connectivity index (χ4n) is 2.05. The van der Waals surface area contributed by atoms with Crippen molar-refractivity contribution in [3.8, 4) is 22.6 Å². The fourth-order valence-corrected chi connectivity index (χ4v) is 2.23. The fraction of sp³-hybridized carbons (Fsp3) is 0.143. The summed E-state index contributed by atoms with van der Waals surface area (Å²) < 4.78 is 5.47. The van der Waals surface area contributed by atoms with Crippen LogP contribution < -0.4 is 4.74 Å². The van der Waals surface area contributed by atoms with Crippen molar-refractivity contribution in [3.05, 3.63) is 47.0 Å². The second-order valence-electron chi connectivity index (χ2n) is 4.09. The van der Waals surface area contributed by atoms with Crippen LogP contribution in [0.25, 0.3) is 11.1 Å². The lowest BCUT2D eigenvalue weighted by molar-refractivity contribution is 0.357. The van der Waals surface area contributed by atoms with E-state index in [1.165, 1.54) is 5.56 Å². The van der Waals surface area contributed by atoms with Gasteiger partial charge in [0.1, 0.15) is 11.5 Å². The number of hydrogen-bond acceptors (Lipinski definition) is 2. The minimum atomic E-state index is 0.111.